The Morgan fingerprint density at radius 3 is 2.94 bits per heavy atom. The largest absolute Gasteiger partial charge is 0.314 e. The lowest BCUT2D eigenvalue weighted by Crippen LogP contribution is -2.34. The first-order valence-corrected chi connectivity index (χ1v) is 6.62. The molecular weight excluding hydrogens is 194 g/mol. The fraction of sp³-hybridized carbons (Fsp3) is 0.600. The van der Waals surface area contributed by atoms with Crippen molar-refractivity contribution in [3.05, 3.63) is 35.4 Å². The zero-order chi connectivity index (χ0) is 11.4. The molecule has 1 aliphatic rings. The summed E-state index contributed by atoms with van der Waals surface area (Å²) in [6.07, 6.45) is 5.22. The molecule has 0 heterocycles. The van der Waals surface area contributed by atoms with Crippen LogP contribution in [0.1, 0.15) is 50.2 Å². The SMILES string of the molecule is CCCCC(C)NCC1Cc2ccccc21. The summed E-state index contributed by atoms with van der Waals surface area (Å²) in [5.41, 5.74) is 3.12. The molecule has 1 heteroatoms. The Morgan fingerprint density at radius 1 is 1.38 bits per heavy atom. The summed E-state index contributed by atoms with van der Waals surface area (Å²) in [4.78, 5) is 0. The van der Waals surface area contributed by atoms with E-state index in [-0.39, 0.29) is 0 Å². The molecule has 1 N–H and O–H groups in total. The van der Waals surface area contributed by atoms with Gasteiger partial charge in [-0.3, -0.25) is 0 Å². The quantitative estimate of drug-likeness (QED) is 0.769. The van der Waals surface area contributed by atoms with Crippen molar-refractivity contribution in [1.82, 2.24) is 5.32 Å². The third kappa shape index (κ3) is 2.65. The molecule has 2 rings (SSSR count). The van der Waals surface area contributed by atoms with Crippen molar-refractivity contribution in [2.45, 2.75) is 51.5 Å². The number of fused-ring (bicyclic) bond motifs is 1. The minimum absolute atomic E-state index is 0.674. The smallest absolute Gasteiger partial charge is 0.00389 e. The molecule has 1 aromatic rings. The summed E-state index contributed by atoms with van der Waals surface area (Å²) in [7, 11) is 0. The summed E-state index contributed by atoms with van der Waals surface area (Å²) in [5.74, 6) is 0.764. The van der Waals surface area contributed by atoms with E-state index in [1.165, 1.54) is 25.7 Å². The molecule has 0 aliphatic heterocycles. The van der Waals surface area contributed by atoms with Crippen molar-refractivity contribution in [1.29, 1.82) is 0 Å². The minimum atomic E-state index is 0.674. The van der Waals surface area contributed by atoms with Crippen LogP contribution >= 0.6 is 0 Å². The van der Waals surface area contributed by atoms with Crippen molar-refractivity contribution in [2.24, 2.45) is 0 Å². The monoisotopic (exact) mass is 217 g/mol. The zero-order valence-electron chi connectivity index (χ0n) is 10.5. The van der Waals surface area contributed by atoms with Gasteiger partial charge in [-0.2, -0.15) is 0 Å². The Morgan fingerprint density at radius 2 is 2.19 bits per heavy atom. The number of benzene rings is 1. The van der Waals surface area contributed by atoms with Gasteiger partial charge in [-0.1, -0.05) is 44.0 Å². The molecule has 0 fully saturated rings. The Hall–Kier alpha value is -0.820. The maximum Gasteiger partial charge on any atom is 0.00389 e. The van der Waals surface area contributed by atoms with Gasteiger partial charge in [0.25, 0.3) is 0 Å². The molecule has 1 nitrogen and oxygen atoms in total. The fourth-order valence-corrected chi connectivity index (χ4v) is 2.50. The number of hydrogen-bond acceptors (Lipinski definition) is 1. The summed E-state index contributed by atoms with van der Waals surface area (Å²) in [6.45, 7) is 5.72. The van der Waals surface area contributed by atoms with Crippen LogP contribution < -0.4 is 5.32 Å². The average molecular weight is 217 g/mol. The van der Waals surface area contributed by atoms with Crippen LogP contribution in [0.25, 0.3) is 0 Å². The highest BCUT2D eigenvalue weighted by molar-refractivity contribution is 5.40. The summed E-state index contributed by atoms with van der Waals surface area (Å²) in [5, 5.41) is 3.66. The van der Waals surface area contributed by atoms with E-state index in [2.05, 4.69) is 43.4 Å². The van der Waals surface area contributed by atoms with Crippen LogP contribution in [0, 0.1) is 0 Å². The molecule has 0 amide bonds. The number of nitrogens with one attached hydrogen (secondary N) is 1. The maximum atomic E-state index is 3.66. The lowest BCUT2D eigenvalue weighted by molar-refractivity contribution is 0.451. The van der Waals surface area contributed by atoms with E-state index < -0.39 is 0 Å². The highest BCUT2D eigenvalue weighted by Gasteiger charge is 2.24. The standard InChI is InChI=1S/C15H23N/c1-3-4-7-12(2)16-11-14-10-13-8-5-6-9-15(13)14/h5-6,8-9,12,14,16H,3-4,7,10-11H2,1-2H3. The predicted octanol–water partition coefficient (Wildman–Crippen LogP) is 3.49. The number of rotatable bonds is 6. The number of hydrogen-bond donors (Lipinski definition) is 1. The van der Waals surface area contributed by atoms with Crippen molar-refractivity contribution >= 4 is 0 Å². The Balaban J connectivity index is 1.73. The van der Waals surface area contributed by atoms with Crippen LogP contribution in [0.2, 0.25) is 0 Å². The van der Waals surface area contributed by atoms with Crippen LogP contribution in [0.15, 0.2) is 24.3 Å². The van der Waals surface area contributed by atoms with Gasteiger partial charge in [-0.25, -0.2) is 0 Å². The van der Waals surface area contributed by atoms with Crippen molar-refractivity contribution in [3.63, 3.8) is 0 Å². The van der Waals surface area contributed by atoms with E-state index in [1.807, 2.05) is 0 Å². The summed E-state index contributed by atoms with van der Waals surface area (Å²) in [6, 6.07) is 9.51. The van der Waals surface area contributed by atoms with Crippen LogP contribution in [0.3, 0.4) is 0 Å². The van der Waals surface area contributed by atoms with Crippen LogP contribution in [-0.2, 0) is 6.42 Å². The van der Waals surface area contributed by atoms with Crippen molar-refractivity contribution in [3.8, 4) is 0 Å². The van der Waals surface area contributed by atoms with Gasteiger partial charge in [-0.15, -0.1) is 0 Å². The first-order chi connectivity index (χ1) is 7.81. The molecule has 0 bridgehead atoms. The third-order valence-electron chi connectivity index (χ3n) is 3.66. The van der Waals surface area contributed by atoms with Crippen LogP contribution in [-0.4, -0.2) is 12.6 Å². The van der Waals surface area contributed by atoms with E-state index in [1.54, 1.807) is 11.1 Å². The molecular formula is C15H23N. The molecule has 1 aromatic carbocycles. The number of unbranched alkanes of at least 4 members (excludes halogenated alkanes) is 1. The molecule has 2 unspecified atom stereocenters. The van der Waals surface area contributed by atoms with Gasteiger partial charge in [0.15, 0.2) is 0 Å². The van der Waals surface area contributed by atoms with Crippen LogP contribution in [0.4, 0.5) is 0 Å². The summed E-state index contributed by atoms with van der Waals surface area (Å²) < 4.78 is 0. The molecule has 16 heavy (non-hydrogen) atoms. The Kier molecular flexibility index (Phi) is 4.00. The van der Waals surface area contributed by atoms with Gasteiger partial charge in [0.2, 0.25) is 0 Å². The van der Waals surface area contributed by atoms with Gasteiger partial charge in [0.1, 0.15) is 0 Å². The highest BCUT2D eigenvalue weighted by Crippen LogP contribution is 2.34. The van der Waals surface area contributed by atoms with Gasteiger partial charge in [0, 0.05) is 18.5 Å². The van der Waals surface area contributed by atoms with Crippen molar-refractivity contribution < 1.29 is 0 Å². The van der Waals surface area contributed by atoms with Gasteiger partial charge < -0.3 is 5.32 Å². The molecule has 0 radical (unpaired) electrons. The Labute approximate surface area is 99.3 Å². The van der Waals surface area contributed by atoms with Gasteiger partial charge in [-0.05, 0) is 30.9 Å². The predicted molar refractivity (Wildman–Crippen MR) is 69.9 cm³/mol. The second kappa shape index (κ2) is 5.49. The highest BCUT2D eigenvalue weighted by atomic mass is 14.9. The second-order valence-corrected chi connectivity index (χ2v) is 5.05. The van der Waals surface area contributed by atoms with Crippen LogP contribution in [0.5, 0.6) is 0 Å². The minimum Gasteiger partial charge on any atom is -0.314 e. The molecule has 0 aromatic heterocycles. The topological polar surface area (TPSA) is 12.0 Å². The second-order valence-electron chi connectivity index (χ2n) is 5.05. The van der Waals surface area contributed by atoms with Gasteiger partial charge in [0.05, 0.1) is 0 Å². The first kappa shape index (κ1) is 11.7. The van der Waals surface area contributed by atoms with Gasteiger partial charge >= 0.3 is 0 Å². The normalized spacial score (nSPS) is 20.0. The molecule has 0 spiro atoms. The average Bonchev–Trinajstić information content (AvgIpc) is 2.27. The molecule has 88 valence electrons. The maximum absolute atomic E-state index is 3.66. The zero-order valence-corrected chi connectivity index (χ0v) is 10.5. The molecule has 2 atom stereocenters. The first-order valence-electron chi connectivity index (χ1n) is 6.62. The lowest BCUT2D eigenvalue weighted by atomic mass is 9.77. The van der Waals surface area contributed by atoms with E-state index >= 15 is 0 Å². The molecule has 0 saturated carbocycles. The van der Waals surface area contributed by atoms with E-state index in [0.717, 1.165) is 12.5 Å². The Bertz CT molecular complexity index is 332. The summed E-state index contributed by atoms with van der Waals surface area (Å²) >= 11 is 0. The van der Waals surface area contributed by atoms with E-state index in [0.29, 0.717) is 6.04 Å². The van der Waals surface area contributed by atoms with E-state index in [9.17, 15) is 0 Å². The molecule has 1 aliphatic carbocycles. The lowest BCUT2D eigenvalue weighted by Gasteiger charge is -2.31. The molecule has 0 saturated heterocycles. The van der Waals surface area contributed by atoms with E-state index in [4.69, 9.17) is 0 Å². The third-order valence-corrected chi connectivity index (χ3v) is 3.66. The van der Waals surface area contributed by atoms with Crippen molar-refractivity contribution in [2.75, 3.05) is 6.54 Å². The fourth-order valence-electron chi connectivity index (χ4n) is 2.50.